The number of nitrogens with zero attached hydrogens (tertiary/aromatic N) is 2. The highest BCUT2D eigenvalue weighted by Gasteiger charge is 2.24. The molecular weight excluding hydrogens is 332 g/mol. The maximum absolute atomic E-state index is 12.6. The largest absolute Gasteiger partial charge is 0.491 e. The zero-order valence-electron chi connectivity index (χ0n) is 15.2. The molecule has 1 saturated heterocycles. The first kappa shape index (κ1) is 18.2. The van der Waals surface area contributed by atoms with Gasteiger partial charge in [0.05, 0.1) is 18.9 Å². The molecule has 26 heavy (non-hydrogen) atoms. The van der Waals surface area contributed by atoms with Gasteiger partial charge in [0.25, 0.3) is 5.91 Å². The zero-order valence-corrected chi connectivity index (χ0v) is 15.2. The summed E-state index contributed by atoms with van der Waals surface area (Å²) in [5.41, 5.74) is 0.654. The van der Waals surface area contributed by atoms with Crippen LogP contribution in [0.1, 0.15) is 34.8 Å². The molecule has 6 heteroatoms. The van der Waals surface area contributed by atoms with Crippen LogP contribution in [0.2, 0.25) is 0 Å². The van der Waals surface area contributed by atoms with Crippen molar-refractivity contribution in [3.63, 3.8) is 0 Å². The maximum atomic E-state index is 12.6. The van der Waals surface area contributed by atoms with E-state index in [-0.39, 0.29) is 17.8 Å². The van der Waals surface area contributed by atoms with Gasteiger partial charge in [-0.2, -0.15) is 0 Å². The van der Waals surface area contributed by atoms with Crippen LogP contribution >= 0.6 is 0 Å². The van der Waals surface area contributed by atoms with Crippen LogP contribution in [0.25, 0.3) is 0 Å². The fourth-order valence-electron chi connectivity index (χ4n) is 2.96. The van der Waals surface area contributed by atoms with Crippen molar-refractivity contribution in [1.29, 1.82) is 0 Å². The van der Waals surface area contributed by atoms with Gasteiger partial charge < -0.3 is 14.1 Å². The van der Waals surface area contributed by atoms with E-state index in [0.717, 1.165) is 5.75 Å². The van der Waals surface area contributed by atoms with E-state index in [1.807, 2.05) is 35.8 Å². The van der Waals surface area contributed by atoms with Crippen LogP contribution in [0.15, 0.2) is 47.1 Å². The van der Waals surface area contributed by atoms with Crippen LogP contribution in [0.3, 0.4) is 0 Å². The molecule has 1 amide bonds. The number of ketones is 1. The maximum Gasteiger partial charge on any atom is 0.253 e. The van der Waals surface area contributed by atoms with Crippen LogP contribution in [0.5, 0.6) is 5.75 Å². The minimum atomic E-state index is -0.0319. The number of hydrogen-bond acceptors (Lipinski definition) is 5. The SMILES string of the molecule is CC(C)Oc1ccc(C(=O)N2CCN(CC(=O)c3ccco3)CC2)cc1. The third-order valence-corrected chi connectivity index (χ3v) is 4.30. The summed E-state index contributed by atoms with van der Waals surface area (Å²) in [6, 6.07) is 10.6. The number of ether oxygens (including phenoxy) is 1. The summed E-state index contributed by atoms with van der Waals surface area (Å²) in [7, 11) is 0. The summed E-state index contributed by atoms with van der Waals surface area (Å²) in [6.45, 7) is 6.81. The first-order chi connectivity index (χ1) is 12.5. The van der Waals surface area contributed by atoms with Crippen molar-refractivity contribution in [3.8, 4) is 5.75 Å². The van der Waals surface area contributed by atoms with Gasteiger partial charge >= 0.3 is 0 Å². The lowest BCUT2D eigenvalue weighted by Gasteiger charge is -2.34. The van der Waals surface area contributed by atoms with Gasteiger partial charge in [0, 0.05) is 31.7 Å². The van der Waals surface area contributed by atoms with Crippen molar-refractivity contribution >= 4 is 11.7 Å². The van der Waals surface area contributed by atoms with Crippen LogP contribution in [0, 0.1) is 0 Å². The Morgan fingerprint density at radius 3 is 2.35 bits per heavy atom. The molecule has 2 aromatic rings. The lowest BCUT2D eigenvalue weighted by atomic mass is 10.1. The summed E-state index contributed by atoms with van der Waals surface area (Å²) in [4.78, 5) is 28.6. The molecule has 0 spiro atoms. The highest BCUT2D eigenvalue weighted by Crippen LogP contribution is 2.16. The standard InChI is InChI=1S/C20H24N2O4/c1-15(2)26-17-7-5-16(6-8-17)20(24)22-11-9-21(10-12-22)14-18(23)19-4-3-13-25-19/h3-8,13,15H,9-12,14H2,1-2H3. The van der Waals surface area contributed by atoms with Crippen LogP contribution in [-0.4, -0.2) is 60.3 Å². The van der Waals surface area contributed by atoms with Crippen molar-refractivity contribution in [2.75, 3.05) is 32.7 Å². The quantitative estimate of drug-likeness (QED) is 0.745. The van der Waals surface area contributed by atoms with Gasteiger partial charge in [0.15, 0.2) is 5.76 Å². The van der Waals surface area contributed by atoms with Crippen LogP contribution in [-0.2, 0) is 0 Å². The van der Waals surface area contributed by atoms with Gasteiger partial charge in [-0.3, -0.25) is 14.5 Å². The summed E-state index contributed by atoms with van der Waals surface area (Å²) < 4.78 is 10.7. The Kier molecular flexibility index (Phi) is 5.73. The van der Waals surface area contributed by atoms with Crippen molar-refractivity contribution in [2.45, 2.75) is 20.0 Å². The summed E-state index contributed by atoms with van der Waals surface area (Å²) >= 11 is 0. The molecule has 0 bridgehead atoms. The number of furan rings is 1. The molecule has 0 radical (unpaired) electrons. The predicted molar refractivity (Wildman–Crippen MR) is 97.6 cm³/mol. The first-order valence-electron chi connectivity index (χ1n) is 8.88. The molecule has 1 fully saturated rings. The molecule has 0 aliphatic carbocycles. The highest BCUT2D eigenvalue weighted by atomic mass is 16.5. The highest BCUT2D eigenvalue weighted by molar-refractivity contribution is 5.95. The molecule has 1 aliphatic heterocycles. The van der Waals surface area contributed by atoms with Crippen molar-refractivity contribution < 1.29 is 18.7 Å². The lowest BCUT2D eigenvalue weighted by molar-refractivity contribution is 0.0620. The third kappa shape index (κ3) is 4.52. The molecule has 2 heterocycles. The number of carbonyl (C=O) groups excluding carboxylic acids is 2. The lowest BCUT2D eigenvalue weighted by Crippen LogP contribution is -2.49. The zero-order chi connectivity index (χ0) is 18.5. The predicted octanol–water partition coefficient (Wildman–Crippen LogP) is 2.71. The van der Waals surface area contributed by atoms with Gasteiger partial charge in [-0.25, -0.2) is 0 Å². The molecular formula is C20H24N2O4. The second kappa shape index (κ2) is 8.19. The van der Waals surface area contributed by atoms with Gasteiger partial charge in [0.2, 0.25) is 5.78 Å². The Hall–Kier alpha value is -2.60. The molecule has 138 valence electrons. The molecule has 1 aliphatic rings. The molecule has 6 nitrogen and oxygen atoms in total. The summed E-state index contributed by atoms with van der Waals surface area (Å²) in [6.07, 6.45) is 1.61. The van der Waals surface area contributed by atoms with E-state index in [0.29, 0.717) is 44.0 Å². The fourth-order valence-corrected chi connectivity index (χ4v) is 2.96. The van der Waals surface area contributed by atoms with E-state index in [2.05, 4.69) is 0 Å². The molecule has 1 aromatic carbocycles. The Labute approximate surface area is 153 Å². The smallest absolute Gasteiger partial charge is 0.253 e. The fraction of sp³-hybridized carbons (Fsp3) is 0.400. The van der Waals surface area contributed by atoms with E-state index < -0.39 is 0 Å². The minimum absolute atomic E-state index is 0.0121. The van der Waals surface area contributed by atoms with E-state index in [4.69, 9.17) is 9.15 Å². The van der Waals surface area contributed by atoms with Crippen molar-refractivity contribution in [2.24, 2.45) is 0 Å². The van der Waals surface area contributed by atoms with E-state index in [1.165, 1.54) is 6.26 Å². The van der Waals surface area contributed by atoms with Crippen molar-refractivity contribution in [1.82, 2.24) is 9.80 Å². The second-order valence-corrected chi connectivity index (χ2v) is 6.66. The average molecular weight is 356 g/mol. The van der Waals surface area contributed by atoms with E-state index in [9.17, 15) is 9.59 Å². The number of hydrogen-bond donors (Lipinski definition) is 0. The van der Waals surface area contributed by atoms with Crippen molar-refractivity contribution in [3.05, 3.63) is 54.0 Å². The molecule has 0 atom stereocenters. The molecule has 0 unspecified atom stereocenters. The van der Waals surface area contributed by atoms with E-state index in [1.54, 1.807) is 24.3 Å². The first-order valence-corrected chi connectivity index (χ1v) is 8.88. The van der Waals surface area contributed by atoms with Crippen LogP contribution < -0.4 is 4.74 Å². The number of rotatable bonds is 6. The Morgan fingerprint density at radius 1 is 1.08 bits per heavy atom. The Balaban J connectivity index is 1.51. The molecule has 1 aromatic heterocycles. The number of benzene rings is 1. The number of Topliss-reactive ketones (excluding diaryl/α,β-unsaturated/α-hetero) is 1. The Morgan fingerprint density at radius 2 is 1.77 bits per heavy atom. The second-order valence-electron chi connectivity index (χ2n) is 6.66. The van der Waals surface area contributed by atoms with Crippen LogP contribution in [0.4, 0.5) is 0 Å². The number of carbonyl (C=O) groups is 2. The van der Waals surface area contributed by atoms with Gasteiger partial charge in [-0.05, 0) is 50.2 Å². The number of piperazine rings is 1. The van der Waals surface area contributed by atoms with Gasteiger partial charge in [-0.15, -0.1) is 0 Å². The van der Waals surface area contributed by atoms with E-state index >= 15 is 0 Å². The topological polar surface area (TPSA) is 63.0 Å². The molecule has 0 N–H and O–H groups in total. The average Bonchev–Trinajstić information content (AvgIpc) is 3.17. The summed E-state index contributed by atoms with van der Waals surface area (Å²) in [5.74, 6) is 1.12. The number of amides is 1. The Bertz CT molecular complexity index is 730. The molecule has 0 saturated carbocycles. The normalized spacial score (nSPS) is 15.3. The van der Waals surface area contributed by atoms with Gasteiger partial charge in [0.1, 0.15) is 5.75 Å². The third-order valence-electron chi connectivity index (χ3n) is 4.30. The molecule has 3 rings (SSSR count). The monoisotopic (exact) mass is 356 g/mol. The van der Waals surface area contributed by atoms with Gasteiger partial charge in [-0.1, -0.05) is 0 Å². The summed E-state index contributed by atoms with van der Waals surface area (Å²) in [5, 5.41) is 0. The minimum Gasteiger partial charge on any atom is -0.491 e.